The maximum atomic E-state index is 14.4. The van der Waals surface area contributed by atoms with Crippen molar-refractivity contribution in [2.45, 2.75) is 24.9 Å². The molecule has 3 aromatic carbocycles. The Balaban J connectivity index is 1.65. The molecule has 4 rings (SSSR count). The number of carbonyl (C=O) groups is 2. The Kier molecular flexibility index (Phi) is 6.15. The van der Waals surface area contributed by atoms with E-state index in [1.165, 1.54) is 18.1 Å². The Hall–Kier alpha value is -3.38. The van der Waals surface area contributed by atoms with Gasteiger partial charge in [-0.1, -0.05) is 41.9 Å². The maximum Gasteiger partial charge on any atom is 0.326 e. The van der Waals surface area contributed by atoms with Crippen molar-refractivity contribution in [2.75, 3.05) is 7.11 Å². The molecule has 0 radical (unpaired) electrons. The average Bonchev–Trinajstić information content (AvgIpc) is 3.24. The van der Waals surface area contributed by atoms with E-state index in [1.807, 2.05) is 12.1 Å². The summed E-state index contributed by atoms with van der Waals surface area (Å²) in [6.45, 7) is 0. The highest BCUT2D eigenvalue weighted by molar-refractivity contribution is 6.31. The van der Waals surface area contributed by atoms with Gasteiger partial charge in [0.1, 0.15) is 17.6 Å². The SMILES string of the molecule is COc1ccc(-c2ccc(C(=O)N3[C@@H](c4ccccc4Cl)CC[C@H]3C(=O)O)cc2)c(F)c1. The second-order valence-corrected chi connectivity index (χ2v) is 8.01. The molecule has 0 unspecified atom stereocenters. The molecule has 0 bridgehead atoms. The van der Waals surface area contributed by atoms with E-state index in [0.717, 1.165) is 5.56 Å². The Morgan fingerprint density at radius 1 is 1.06 bits per heavy atom. The van der Waals surface area contributed by atoms with E-state index >= 15 is 0 Å². The van der Waals surface area contributed by atoms with Crippen LogP contribution in [-0.2, 0) is 4.79 Å². The molecule has 1 saturated heterocycles. The predicted molar refractivity (Wildman–Crippen MR) is 119 cm³/mol. The number of aliphatic carboxylic acids is 1. The van der Waals surface area contributed by atoms with Gasteiger partial charge in [-0.3, -0.25) is 4.79 Å². The molecule has 1 fully saturated rings. The van der Waals surface area contributed by atoms with Crippen LogP contribution in [-0.4, -0.2) is 35.0 Å². The molecule has 1 amide bonds. The Labute approximate surface area is 190 Å². The van der Waals surface area contributed by atoms with E-state index in [4.69, 9.17) is 16.3 Å². The van der Waals surface area contributed by atoms with Crippen LogP contribution in [0, 0.1) is 5.82 Å². The summed E-state index contributed by atoms with van der Waals surface area (Å²) < 4.78 is 19.4. The van der Waals surface area contributed by atoms with Gasteiger partial charge in [-0.05, 0) is 54.3 Å². The molecule has 0 saturated carbocycles. The number of hydrogen-bond donors (Lipinski definition) is 1. The first-order chi connectivity index (χ1) is 15.4. The number of carboxylic acid groups (broad SMARTS) is 1. The van der Waals surface area contributed by atoms with Crippen LogP contribution in [0.15, 0.2) is 66.7 Å². The molecule has 2 atom stereocenters. The third-order valence-corrected chi connectivity index (χ3v) is 6.13. The first kappa shape index (κ1) is 21.8. The van der Waals surface area contributed by atoms with Crippen molar-refractivity contribution in [3.63, 3.8) is 0 Å². The van der Waals surface area contributed by atoms with E-state index in [2.05, 4.69) is 0 Å². The number of halogens is 2. The molecule has 1 heterocycles. The van der Waals surface area contributed by atoms with Gasteiger partial charge in [0.15, 0.2) is 0 Å². The van der Waals surface area contributed by atoms with Crippen molar-refractivity contribution >= 4 is 23.5 Å². The second kappa shape index (κ2) is 9.01. The molecular formula is C25H21ClFNO4. The lowest BCUT2D eigenvalue weighted by Crippen LogP contribution is -2.41. The zero-order valence-corrected chi connectivity index (χ0v) is 18.1. The van der Waals surface area contributed by atoms with Crippen LogP contribution in [0.5, 0.6) is 5.75 Å². The zero-order valence-electron chi connectivity index (χ0n) is 17.3. The lowest BCUT2D eigenvalue weighted by molar-refractivity contribution is -0.141. The number of hydrogen-bond acceptors (Lipinski definition) is 3. The Morgan fingerprint density at radius 2 is 1.78 bits per heavy atom. The average molecular weight is 454 g/mol. The topological polar surface area (TPSA) is 66.8 Å². The number of rotatable bonds is 5. The highest BCUT2D eigenvalue weighted by Crippen LogP contribution is 2.40. The van der Waals surface area contributed by atoms with Crippen molar-refractivity contribution in [2.24, 2.45) is 0 Å². The number of methoxy groups -OCH3 is 1. The molecule has 5 nitrogen and oxygen atoms in total. The number of carbonyl (C=O) groups excluding carboxylic acids is 1. The lowest BCUT2D eigenvalue weighted by atomic mass is 10.0. The fourth-order valence-electron chi connectivity index (χ4n) is 4.19. The number of ether oxygens (including phenoxy) is 1. The van der Waals surface area contributed by atoms with Gasteiger partial charge < -0.3 is 14.7 Å². The molecule has 0 aliphatic carbocycles. The molecule has 1 N–H and O–H groups in total. The minimum absolute atomic E-state index is 0.327. The molecule has 1 aliphatic rings. The zero-order chi connectivity index (χ0) is 22.8. The minimum Gasteiger partial charge on any atom is -0.497 e. The number of nitrogens with zero attached hydrogens (tertiary/aromatic N) is 1. The first-order valence-electron chi connectivity index (χ1n) is 10.1. The predicted octanol–water partition coefficient (Wildman–Crippen LogP) is 5.59. The van der Waals surface area contributed by atoms with Crippen LogP contribution in [0.1, 0.15) is 34.8 Å². The van der Waals surface area contributed by atoms with Crippen molar-refractivity contribution in [1.82, 2.24) is 4.90 Å². The lowest BCUT2D eigenvalue weighted by Gasteiger charge is -2.29. The van der Waals surface area contributed by atoms with Crippen LogP contribution in [0.4, 0.5) is 4.39 Å². The van der Waals surface area contributed by atoms with Crippen molar-refractivity contribution < 1.29 is 23.8 Å². The van der Waals surface area contributed by atoms with Crippen LogP contribution in [0.2, 0.25) is 5.02 Å². The highest BCUT2D eigenvalue weighted by Gasteiger charge is 2.42. The smallest absolute Gasteiger partial charge is 0.326 e. The van der Waals surface area contributed by atoms with E-state index in [0.29, 0.717) is 40.3 Å². The summed E-state index contributed by atoms with van der Waals surface area (Å²) in [6, 6.07) is 16.8. The Morgan fingerprint density at radius 3 is 2.41 bits per heavy atom. The molecule has 0 aromatic heterocycles. The minimum atomic E-state index is -1.05. The van der Waals surface area contributed by atoms with E-state index in [-0.39, 0.29) is 0 Å². The van der Waals surface area contributed by atoms with Crippen LogP contribution >= 0.6 is 11.6 Å². The second-order valence-electron chi connectivity index (χ2n) is 7.60. The number of benzene rings is 3. The van der Waals surface area contributed by atoms with Crippen molar-refractivity contribution in [3.05, 3.63) is 88.7 Å². The van der Waals surface area contributed by atoms with Gasteiger partial charge in [-0.15, -0.1) is 0 Å². The van der Waals surface area contributed by atoms with Gasteiger partial charge in [0.05, 0.1) is 13.2 Å². The normalized spacial score (nSPS) is 17.9. The maximum absolute atomic E-state index is 14.4. The molecule has 0 spiro atoms. The first-order valence-corrected chi connectivity index (χ1v) is 10.5. The van der Waals surface area contributed by atoms with Crippen molar-refractivity contribution in [1.29, 1.82) is 0 Å². The molecule has 3 aromatic rings. The summed E-state index contributed by atoms with van der Waals surface area (Å²) in [5, 5.41) is 10.2. The van der Waals surface area contributed by atoms with E-state index < -0.39 is 29.8 Å². The van der Waals surface area contributed by atoms with Gasteiger partial charge in [0.25, 0.3) is 5.91 Å². The van der Waals surface area contributed by atoms with Crippen LogP contribution in [0.25, 0.3) is 11.1 Å². The molecular weight excluding hydrogens is 433 g/mol. The standard InChI is InChI=1S/C25H21ClFNO4/c1-32-17-10-11-18(21(27)14-17)15-6-8-16(9-7-15)24(29)28-22(12-13-23(28)25(30)31)19-4-2-3-5-20(19)26/h2-11,14,22-23H,12-13H2,1H3,(H,30,31)/t22-,23+/m1/s1. The number of amides is 1. The molecule has 164 valence electrons. The summed E-state index contributed by atoms with van der Waals surface area (Å²) >= 11 is 6.34. The van der Waals surface area contributed by atoms with Crippen LogP contribution < -0.4 is 4.74 Å². The van der Waals surface area contributed by atoms with Gasteiger partial charge in [-0.25, -0.2) is 9.18 Å². The van der Waals surface area contributed by atoms with Gasteiger partial charge in [0, 0.05) is 22.2 Å². The van der Waals surface area contributed by atoms with E-state index in [9.17, 15) is 19.1 Å². The van der Waals surface area contributed by atoms with Gasteiger partial charge in [0.2, 0.25) is 0 Å². The summed E-state index contributed by atoms with van der Waals surface area (Å²) in [6.07, 6.45) is 0.841. The third-order valence-electron chi connectivity index (χ3n) is 5.79. The third kappa shape index (κ3) is 4.06. The van der Waals surface area contributed by atoms with Crippen LogP contribution in [0.3, 0.4) is 0 Å². The number of likely N-dealkylation sites (tertiary alicyclic amines) is 1. The number of carboxylic acids is 1. The Bertz CT molecular complexity index is 1160. The quantitative estimate of drug-likeness (QED) is 0.547. The fraction of sp³-hybridized carbons (Fsp3) is 0.200. The monoisotopic (exact) mass is 453 g/mol. The summed E-state index contributed by atoms with van der Waals surface area (Å²) in [7, 11) is 1.47. The molecule has 7 heteroatoms. The summed E-state index contributed by atoms with van der Waals surface area (Å²) in [5.74, 6) is -1.48. The van der Waals surface area contributed by atoms with Crippen molar-refractivity contribution in [3.8, 4) is 16.9 Å². The summed E-state index contributed by atoms with van der Waals surface area (Å²) in [4.78, 5) is 26.6. The largest absolute Gasteiger partial charge is 0.497 e. The molecule has 1 aliphatic heterocycles. The van der Waals surface area contributed by atoms with E-state index in [1.54, 1.807) is 48.5 Å². The van der Waals surface area contributed by atoms with Gasteiger partial charge >= 0.3 is 5.97 Å². The van der Waals surface area contributed by atoms with Gasteiger partial charge in [-0.2, -0.15) is 0 Å². The summed E-state index contributed by atoms with van der Waals surface area (Å²) in [5.41, 5.74) is 2.03. The molecule has 32 heavy (non-hydrogen) atoms. The highest BCUT2D eigenvalue weighted by atomic mass is 35.5. The fourth-order valence-corrected chi connectivity index (χ4v) is 4.45.